The van der Waals surface area contributed by atoms with Gasteiger partial charge in [0.1, 0.15) is 5.58 Å². The van der Waals surface area contributed by atoms with Gasteiger partial charge in [-0.1, -0.05) is 18.2 Å². The normalized spacial score (nSPS) is 10.6. The van der Waals surface area contributed by atoms with Crippen molar-refractivity contribution in [2.75, 3.05) is 0 Å². The molecule has 0 unspecified atom stereocenters. The molecule has 1 heterocycles. The monoisotopic (exact) mass is 322 g/mol. The second-order valence-electron chi connectivity index (χ2n) is 5.38. The first kappa shape index (κ1) is 15.7. The zero-order chi connectivity index (χ0) is 17.3. The van der Waals surface area contributed by atoms with Crippen molar-refractivity contribution in [2.24, 2.45) is 0 Å². The van der Waals surface area contributed by atoms with Gasteiger partial charge in [-0.25, -0.2) is 9.59 Å². The quantitative estimate of drug-likeness (QED) is 0.319. The summed E-state index contributed by atoms with van der Waals surface area (Å²) in [5.41, 5.74) is 0.944. The van der Waals surface area contributed by atoms with Crippen LogP contribution in [0.25, 0.3) is 11.0 Å². The van der Waals surface area contributed by atoms with Gasteiger partial charge in [0.2, 0.25) is 0 Å². The summed E-state index contributed by atoms with van der Waals surface area (Å²) in [6.07, 6.45) is 0. The van der Waals surface area contributed by atoms with Crippen molar-refractivity contribution in [2.45, 2.75) is 13.8 Å². The molecule has 1 aromatic heterocycles. The summed E-state index contributed by atoms with van der Waals surface area (Å²) in [4.78, 5) is 35.8. The Morgan fingerprint density at radius 1 is 1.04 bits per heavy atom. The minimum atomic E-state index is -0.587. The van der Waals surface area contributed by atoms with Crippen molar-refractivity contribution in [3.05, 3.63) is 75.6 Å². The van der Waals surface area contributed by atoms with Gasteiger partial charge in [-0.3, -0.25) is 4.79 Å². The van der Waals surface area contributed by atoms with E-state index in [1.807, 2.05) is 0 Å². The Hall–Kier alpha value is -3.21. The summed E-state index contributed by atoms with van der Waals surface area (Å²) < 4.78 is 10.7. The number of esters is 1. The van der Waals surface area contributed by atoms with Crippen molar-refractivity contribution in [3.63, 3.8) is 0 Å². The largest absolute Gasteiger partial charge is 0.423 e. The Balaban J connectivity index is 2.21. The molecule has 5 nitrogen and oxygen atoms in total. The van der Waals surface area contributed by atoms with Crippen LogP contribution in [-0.4, -0.2) is 11.8 Å². The molecule has 0 atom stereocenters. The molecule has 120 valence electrons. The minimum Gasteiger partial charge on any atom is -0.423 e. The number of hydrogen-bond acceptors (Lipinski definition) is 5. The standard InChI is InChI=1S/C19H14O5/c1-11-10-16(21)23-15-9-8-14(12(2)20)18(17(11)15)24-19(22)13-6-4-3-5-7-13/h3-10H,1-2H3. The van der Waals surface area contributed by atoms with Crippen LogP contribution in [0.1, 0.15) is 33.2 Å². The minimum absolute atomic E-state index is 0.107. The number of carbonyl (C=O) groups is 2. The van der Waals surface area contributed by atoms with Crippen LogP contribution in [0.3, 0.4) is 0 Å². The third-order valence-electron chi connectivity index (χ3n) is 3.64. The van der Waals surface area contributed by atoms with Crippen LogP contribution in [0.4, 0.5) is 0 Å². The fraction of sp³-hybridized carbons (Fsp3) is 0.105. The fourth-order valence-electron chi connectivity index (χ4n) is 2.52. The zero-order valence-electron chi connectivity index (χ0n) is 13.2. The molecule has 3 aromatic rings. The molecule has 0 aliphatic carbocycles. The summed E-state index contributed by atoms with van der Waals surface area (Å²) in [5, 5.41) is 0.437. The van der Waals surface area contributed by atoms with Crippen molar-refractivity contribution >= 4 is 22.7 Å². The molecule has 0 aliphatic heterocycles. The van der Waals surface area contributed by atoms with Crippen molar-refractivity contribution in [1.82, 2.24) is 0 Å². The topological polar surface area (TPSA) is 73.6 Å². The lowest BCUT2D eigenvalue weighted by Gasteiger charge is -2.12. The summed E-state index contributed by atoms with van der Waals surface area (Å²) >= 11 is 0. The van der Waals surface area contributed by atoms with Crippen LogP contribution >= 0.6 is 0 Å². The summed E-state index contributed by atoms with van der Waals surface area (Å²) in [6, 6.07) is 12.8. The number of Topliss-reactive ketones (excluding diaryl/α,β-unsaturated/α-hetero) is 1. The van der Waals surface area contributed by atoms with Crippen LogP contribution in [0.15, 0.2) is 57.7 Å². The van der Waals surface area contributed by atoms with Gasteiger partial charge < -0.3 is 9.15 Å². The summed E-state index contributed by atoms with van der Waals surface area (Å²) in [7, 11) is 0. The first-order valence-corrected chi connectivity index (χ1v) is 7.33. The molecular weight excluding hydrogens is 308 g/mol. The molecule has 5 heteroatoms. The van der Waals surface area contributed by atoms with Gasteiger partial charge in [0.05, 0.1) is 16.5 Å². The van der Waals surface area contributed by atoms with E-state index in [2.05, 4.69) is 0 Å². The maximum absolute atomic E-state index is 12.4. The Labute approximate surface area is 137 Å². The van der Waals surface area contributed by atoms with Crippen molar-refractivity contribution in [1.29, 1.82) is 0 Å². The van der Waals surface area contributed by atoms with Crippen LogP contribution in [0.2, 0.25) is 0 Å². The van der Waals surface area contributed by atoms with Gasteiger partial charge in [0, 0.05) is 6.07 Å². The number of rotatable bonds is 3. The van der Waals surface area contributed by atoms with E-state index in [0.29, 0.717) is 16.5 Å². The molecule has 3 rings (SSSR count). The van der Waals surface area contributed by atoms with Crippen LogP contribution < -0.4 is 10.4 Å². The number of ether oxygens (including phenoxy) is 1. The Kier molecular flexibility index (Phi) is 4.00. The van der Waals surface area contributed by atoms with E-state index in [-0.39, 0.29) is 22.7 Å². The smallest absolute Gasteiger partial charge is 0.343 e. The highest BCUT2D eigenvalue weighted by atomic mass is 16.5. The maximum atomic E-state index is 12.4. The number of aryl methyl sites for hydroxylation is 1. The third-order valence-corrected chi connectivity index (χ3v) is 3.64. The molecule has 0 aliphatic rings. The average molecular weight is 322 g/mol. The van der Waals surface area contributed by atoms with E-state index >= 15 is 0 Å². The van der Waals surface area contributed by atoms with Crippen LogP contribution in [0, 0.1) is 6.92 Å². The van der Waals surface area contributed by atoms with Gasteiger partial charge in [-0.2, -0.15) is 0 Å². The van der Waals surface area contributed by atoms with Crippen molar-refractivity contribution < 1.29 is 18.7 Å². The van der Waals surface area contributed by atoms with E-state index < -0.39 is 11.6 Å². The number of fused-ring (bicyclic) bond motifs is 1. The SMILES string of the molecule is CC(=O)c1ccc2oc(=O)cc(C)c2c1OC(=O)c1ccccc1. The van der Waals surface area contributed by atoms with Gasteiger partial charge in [0.25, 0.3) is 0 Å². The molecule has 24 heavy (non-hydrogen) atoms. The number of carbonyl (C=O) groups excluding carboxylic acids is 2. The lowest BCUT2D eigenvalue weighted by atomic mass is 10.0. The molecule has 0 saturated heterocycles. The fourth-order valence-corrected chi connectivity index (χ4v) is 2.52. The van der Waals surface area contributed by atoms with E-state index in [0.717, 1.165) is 0 Å². The molecule has 0 amide bonds. The average Bonchev–Trinajstić information content (AvgIpc) is 2.54. The molecule has 0 saturated carbocycles. The lowest BCUT2D eigenvalue weighted by Crippen LogP contribution is -2.12. The van der Waals surface area contributed by atoms with Gasteiger partial charge >= 0.3 is 11.6 Å². The molecule has 0 spiro atoms. The van der Waals surface area contributed by atoms with Crippen molar-refractivity contribution in [3.8, 4) is 5.75 Å². The molecule has 2 aromatic carbocycles. The summed E-state index contributed by atoms with van der Waals surface area (Å²) in [5.74, 6) is -0.732. The number of ketones is 1. The molecule has 0 N–H and O–H groups in total. The predicted octanol–water partition coefficient (Wildman–Crippen LogP) is 3.52. The van der Waals surface area contributed by atoms with Gasteiger partial charge in [-0.15, -0.1) is 0 Å². The second kappa shape index (κ2) is 6.12. The van der Waals surface area contributed by atoms with E-state index in [1.54, 1.807) is 37.3 Å². The lowest BCUT2D eigenvalue weighted by molar-refractivity contribution is 0.0735. The van der Waals surface area contributed by atoms with E-state index in [4.69, 9.17) is 9.15 Å². The maximum Gasteiger partial charge on any atom is 0.343 e. The number of benzene rings is 2. The predicted molar refractivity (Wildman–Crippen MR) is 88.6 cm³/mol. The Morgan fingerprint density at radius 3 is 2.42 bits per heavy atom. The highest BCUT2D eigenvalue weighted by molar-refractivity contribution is 6.05. The Bertz CT molecular complexity index is 999. The molecular formula is C19H14O5. The van der Waals surface area contributed by atoms with E-state index in [9.17, 15) is 14.4 Å². The molecule has 0 fully saturated rings. The second-order valence-corrected chi connectivity index (χ2v) is 5.38. The molecule has 0 bridgehead atoms. The highest BCUT2D eigenvalue weighted by Crippen LogP contribution is 2.32. The zero-order valence-corrected chi connectivity index (χ0v) is 13.2. The molecule has 0 radical (unpaired) electrons. The first-order chi connectivity index (χ1) is 11.5. The van der Waals surface area contributed by atoms with Gasteiger partial charge in [0.15, 0.2) is 11.5 Å². The number of hydrogen-bond donors (Lipinski definition) is 0. The van der Waals surface area contributed by atoms with Gasteiger partial charge in [-0.05, 0) is 43.7 Å². The summed E-state index contributed by atoms with van der Waals surface area (Å²) in [6.45, 7) is 3.08. The third kappa shape index (κ3) is 2.84. The van der Waals surface area contributed by atoms with E-state index in [1.165, 1.54) is 25.1 Å². The highest BCUT2D eigenvalue weighted by Gasteiger charge is 2.20. The Morgan fingerprint density at radius 2 is 1.75 bits per heavy atom. The van der Waals surface area contributed by atoms with Crippen LogP contribution in [0.5, 0.6) is 5.75 Å². The van der Waals surface area contributed by atoms with Crippen LogP contribution in [-0.2, 0) is 0 Å². The first-order valence-electron chi connectivity index (χ1n) is 7.33.